The van der Waals surface area contributed by atoms with Crippen molar-refractivity contribution >= 4 is 28.8 Å². The van der Waals surface area contributed by atoms with Gasteiger partial charge in [-0.1, -0.05) is 24.3 Å². The fourth-order valence-corrected chi connectivity index (χ4v) is 6.31. The Balaban J connectivity index is 1.25. The van der Waals surface area contributed by atoms with E-state index in [9.17, 15) is 4.79 Å². The second kappa shape index (κ2) is 11.3. The molecule has 0 bridgehead atoms. The highest BCUT2D eigenvalue weighted by atomic mass is 16.5. The smallest absolute Gasteiger partial charge is 0.407 e. The molecule has 5 N–H and O–H groups in total. The number of nitrogens with zero attached hydrogens (tertiary/aromatic N) is 5. The molecule has 224 valence electrons. The third kappa shape index (κ3) is 5.11. The zero-order valence-electron chi connectivity index (χ0n) is 24.7. The van der Waals surface area contributed by atoms with Crippen LogP contribution in [0.5, 0.6) is 0 Å². The maximum absolute atomic E-state index is 11.6. The number of hydrogen-bond acceptors (Lipinski definition) is 8. The number of ether oxygens (including phenoxy) is 1. The van der Waals surface area contributed by atoms with Crippen LogP contribution in [0.3, 0.4) is 0 Å². The summed E-state index contributed by atoms with van der Waals surface area (Å²) in [5.41, 5.74) is 20.0. The molecule has 7 rings (SSSR count). The molecule has 2 aromatic carbocycles. The minimum atomic E-state index is -0.377. The number of fused-ring (bicyclic) bond motifs is 1. The van der Waals surface area contributed by atoms with Gasteiger partial charge in [0.2, 0.25) is 0 Å². The Hall–Kier alpha value is -4.96. The predicted octanol–water partition coefficient (Wildman–Crippen LogP) is 5.39. The first-order valence-corrected chi connectivity index (χ1v) is 15.1. The Bertz CT molecular complexity index is 1820. The number of methoxy groups -OCH3 is 1. The van der Waals surface area contributed by atoms with E-state index in [0.717, 1.165) is 90.1 Å². The van der Waals surface area contributed by atoms with Gasteiger partial charge in [-0.15, -0.1) is 0 Å². The number of hydrogen-bond donors (Lipinski definition) is 3. The van der Waals surface area contributed by atoms with Gasteiger partial charge in [0.05, 0.1) is 18.4 Å². The number of imidazole rings is 1. The fourth-order valence-electron chi connectivity index (χ4n) is 6.31. The molecule has 10 nitrogen and oxygen atoms in total. The van der Waals surface area contributed by atoms with Gasteiger partial charge in [-0.3, -0.25) is 4.57 Å². The van der Waals surface area contributed by atoms with Crippen LogP contribution in [-0.2, 0) is 10.3 Å². The second-order valence-electron chi connectivity index (χ2n) is 11.8. The highest BCUT2D eigenvalue weighted by molar-refractivity contribution is 5.85. The Morgan fingerprint density at radius 3 is 2.48 bits per heavy atom. The fraction of sp³-hybridized carbons (Fsp3) is 0.294. The number of nitrogens with one attached hydrogen (secondary N) is 1. The van der Waals surface area contributed by atoms with E-state index < -0.39 is 0 Å². The monoisotopic (exact) mass is 588 g/mol. The van der Waals surface area contributed by atoms with Gasteiger partial charge in [0, 0.05) is 47.8 Å². The number of nitrogen functional groups attached to an aromatic ring is 1. The largest absolute Gasteiger partial charge is 0.453 e. The van der Waals surface area contributed by atoms with Crippen molar-refractivity contribution in [3.8, 4) is 28.3 Å². The summed E-state index contributed by atoms with van der Waals surface area (Å²) in [6, 6.07) is 24.8. The molecule has 1 aliphatic heterocycles. The minimum Gasteiger partial charge on any atom is -0.453 e. The molecule has 2 fully saturated rings. The Kier molecular flexibility index (Phi) is 7.14. The third-order valence-corrected chi connectivity index (χ3v) is 9.04. The number of nitrogens with two attached hydrogens (primary N) is 2. The van der Waals surface area contributed by atoms with Crippen molar-refractivity contribution in [2.24, 2.45) is 5.73 Å². The average molecular weight is 589 g/mol. The highest BCUT2D eigenvalue weighted by Crippen LogP contribution is 2.39. The lowest BCUT2D eigenvalue weighted by molar-refractivity contribution is 0.164. The molecule has 1 amide bonds. The molecule has 44 heavy (non-hydrogen) atoms. The molecule has 0 atom stereocenters. The van der Waals surface area contributed by atoms with E-state index in [2.05, 4.69) is 68.3 Å². The van der Waals surface area contributed by atoms with Crippen molar-refractivity contribution < 1.29 is 9.53 Å². The van der Waals surface area contributed by atoms with Gasteiger partial charge < -0.3 is 26.4 Å². The minimum absolute atomic E-state index is 0.118. The van der Waals surface area contributed by atoms with Gasteiger partial charge in [0.1, 0.15) is 11.3 Å². The standard InChI is InChI=1S/C34H36N8O2/c1-44-33(43)38-24-14-19-41(20-15-24)26-6-2-5-22(21-26)28-12-13-29-32(39-28)42(31(40-29)27-7-3-18-37-30(27)35)25-10-8-23(9-11-25)34(36)16-4-17-34/h2-3,5-13,18,21,24H,4,14-17,19-20,36H2,1H3,(H2,35,37)(H,38,43). The molecule has 0 radical (unpaired) electrons. The van der Waals surface area contributed by atoms with Crippen LogP contribution in [0.15, 0.2) is 79.0 Å². The number of anilines is 2. The van der Waals surface area contributed by atoms with Crippen LogP contribution in [-0.4, -0.2) is 51.9 Å². The molecule has 10 heteroatoms. The Morgan fingerprint density at radius 1 is 0.977 bits per heavy atom. The lowest BCUT2D eigenvalue weighted by atomic mass is 9.73. The maximum Gasteiger partial charge on any atom is 0.407 e. The normalized spacial score (nSPS) is 16.5. The van der Waals surface area contributed by atoms with Crippen LogP contribution in [0, 0.1) is 0 Å². The summed E-state index contributed by atoms with van der Waals surface area (Å²) in [5.74, 6) is 1.10. The quantitative estimate of drug-likeness (QED) is 0.240. The number of alkyl carbamates (subject to hydrolysis) is 1. The topological polar surface area (TPSA) is 137 Å². The molecule has 1 aliphatic carbocycles. The first kappa shape index (κ1) is 27.8. The van der Waals surface area contributed by atoms with Gasteiger partial charge >= 0.3 is 6.09 Å². The van der Waals surface area contributed by atoms with E-state index in [1.165, 1.54) is 7.11 Å². The molecule has 4 heterocycles. The number of amides is 1. The number of piperidine rings is 1. The number of pyridine rings is 2. The van der Waals surface area contributed by atoms with Gasteiger partial charge in [0.25, 0.3) is 0 Å². The first-order valence-electron chi connectivity index (χ1n) is 15.1. The van der Waals surface area contributed by atoms with Crippen LogP contribution in [0.4, 0.5) is 16.3 Å². The van der Waals surface area contributed by atoms with E-state index in [1.807, 2.05) is 24.3 Å². The summed E-state index contributed by atoms with van der Waals surface area (Å²) in [5, 5.41) is 2.92. The maximum atomic E-state index is 11.6. The summed E-state index contributed by atoms with van der Waals surface area (Å²) in [4.78, 5) is 28.5. The number of aromatic nitrogens is 4. The lowest BCUT2D eigenvalue weighted by Crippen LogP contribution is -2.44. The van der Waals surface area contributed by atoms with E-state index >= 15 is 0 Å². The number of carbonyl (C=O) groups excluding carboxylic acids is 1. The van der Waals surface area contributed by atoms with E-state index in [1.54, 1.807) is 6.20 Å². The van der Waals surface area contributed by atoms with Crippen molar-refractivity contribution in [1.29, 1.82) is 0 Å². The molecule has 1 saturated heterocycles. The highest BCUT2D eigenvalue weighted by Gasteiger charge is 2.34. The van der Waals surface area contributed by atoms with Gasteiger partial charge in [-0.25, -0.2) is 19.7 Å². The predicted molar refractivity (Wildman–Crippen MR) is 172 cm³/mol. The zero-order chi connectivity index (χ0) is 30.3. The zero-order valence-corrected chi connectivity index (χ0v) is 24.7. The summed E-state index contributed by atoms with van der Waals surface area (Å²) < 4.78 is 6.82. The second-order valence-corrected chi connectivity index (χ2v) is 11.8. The van der Waals surface area contributed by atoms with Crippen molar-refractivity contribution in [2.45, 2.75) is 43.7 Å². The van der Waals surface area contributed by atoms with Gasteiger partial charge in [-0.05, 0) is 86.2 Å². The Morgan fingerprint density at radius 2 is 1.77 bits per heavy atom. The van der Waals surface area contributed by atoms with Crippen LogP contribution in [0.2, 0.25) is 0 Å². The number of carbonyl (C=O) groups is 1. The van der Waals surface area contributed by atoms with Crippen molar-refractivity contribution in [2.75, 3.05) is 30.8 Å². The molecule has 0 unspecified atom stereocenters. The molecular weight excluding hydrogens is 552 g/mol. The molecule has 1 saturated carbocycles. The number of rotatable bonds is 6. The third-order valence-electron chi connectivity index (χ3n) is 9.04. The molecule has 2 aliphatic rings. The number of benzene rings is 2. The first-order chi connectivity index (χ1) is 21.4. The lowest BCUT2D eigenvalue weighted by Gasteiger charge is -2.38. The van der Waals surface area contributed by atoms with Crippen LogP contribution in [0.25, 0.3) is 39.5 Å². The average Bonchev–Trinajstić information content (AvgIpc) is 3.43. The van der Waals surface area contributed by atoms with Crippen LogP contribution >= 0.6 is 0 Å². The SMILES string of the molecule is COC(=O)NC1CCN(c2cccc(-c3ccc4nc(-c5cccnc5N)n(-c5ccc(C6(N)CCC6)cc5)c4n3)c2)CC1. The summed E-state index contributed by atoms with van der Waals surface area (Å²) in [6.07, 6.45) is 6.18. The van der Waals surface area contributed by atoms with Crippen LogP contribution < -0.4 is 21.7 Å². The van der Waals surface area contributed by atoms with E-state index in [0.29, 0.717) is 11.6 Å². The summed E-state index contributed by atoms with van der Waals surface area (Å²) in [7, 11) is 1.39. The summed E-state index contributed by atoms with van der Waals surface area (Å²) in [6.45, 7) is 1.68. The van der Waals surface area contributed by atoms with Gasteiger partial charge in [-0.2, -0.15) is 0 Å². The molecule has 0 spiro atoms. The van der Waals surface area contributed by atoms with Crippen LogP contribution in [0.1, 0.15) is 37.7 Å². The Labute approximate surface area is 256 Å². The van der Waals surface area contributed by atoms with E-state index in [-0.39, 0.29) is 17.7 Å². The van der Waals surface area contributed by atoms with Gasteiger partial charge in [0.15, 0.2) is 11.5 Å². The molecular formula is C34H36N8O2. The summed E-state index contributed by atoms with van der Waals surface area (Å²) >= 11 is 0. The molecule has 3 aromatic heterocycles. The van der Waals surface area contributed by atoms with Crippen molar-refractivity contribution in [3.63, 3.8) is 0 Å². The van der Waals surface area contributed by atoms with Crippen molar-refractivity contribution in [1.82, 2.24) is 24.8 Å². The van der Waals surface area contributed by atoms with E-state index in [4.69, 9.17) is 26.2 Å². The molecule has 5 aromatic rings. The van der Waals surface area contributed by atoms with Crippen molar-refractivity contribution in [3.05, 3.63) is 84.6 Å².